The Morgan fingerprint density at radius 3 is 2.36 bits per heavy atom. The number of aromatic hydroxyl groups is 1. The van der Waals surface area contributed by atoms with E-state index in [1.54, 1.807) is 30.0 Å². The predicted octanol–water partition coefficient (Wildman–Crippen LogP) is 6.03. The van der Waals surface area contributed by atoms with Crippen molar-refractivity contribution in [2.45, 2.75) is 37.1 Å². The van der Waals surface area contributed by atoms with Crippen LogP contribution in [0.25, 0.3) is 17.0 Å². The summed E-state index contributed by atoms with van der Waals surface area (Å²) in [5.74, 6) is 0.313. The molecule has 1 aliphatic rings. The highest BCUT2D eigenvalue weighted by molar-refractivity contribution is 8.03. The first-order chi connectivity index (χ1) is 17.2. The molecule has 0 fully saturated rings. The predicted molar refractivity (Wildman–Crippen MR) is 146 cm³/mol. The second-order valence-corrected chi connectivity index (χ2v) is 10.8. The zero-order chi connectivity index (χ0) is 25.9. The van der Waals surface area contributed by atoms with Gasteiger partial charge in [-0.15, -0.1) is 0 Å². The van der Waals surface area contributed by atoms with E-state index < -0.39 is 10.1 Å². The summed E-state index contributed by atoms with van der Waals surface area (Å²) < 4.78 is 31.9. The highest BCUT2D eigenvalue weighted by Gasteiger charge is 2.26. The van der Waals surface area contributed by atoms with Gasteiger partial charge in [-0.1, -0.05) is 41.6 Å². The van der Waals surface area contributed by atoms with Gasteiger partial charge in [-0.3, -0.25) is 4.55 Å². The molecule has 4 aromatic rings. The van der Waals surface area contributed by atoms with Gasteiger partial charge in [0.2, 0.25) is 11.2 Å². The van der Waals surface area contributed by atoms with Crippen molar-refractivity contribution in [2.24, 2.45) is 0 Å². The first-order valence-electron chi connectivity index (χ1n) is 11.7. The number of rotatable bonds is 4. The molecule has 0 atom stereocenters. The Labute approximate surface area is 216 Å². The highest BCUT2D eigenvalue weighted by atomic mass is 32.2. The monoisotopic (exact) mass is 521 g/mol. The third kappa shape index (κ3) is 5.56. The Morgan fingerprint density at radius 2 is 1.69 bits per heavy atom. The van der Waals surface area contributed by atoms with E-state index in [-0.39, 0.29) is 4.90 Å². The van der Waals surface area contributed by atoms with Crippen LogP contribution in [0.2, 0.25) is 0 Å². The van der Waals surface area contributed by atoms with Crippen LogP contribution < -0.4 is 9.47 Å². The standard InChI is InChI=1S/C21H20N2OS.C7H8O3S/c1-3-22-16(10-9-15-7-5-6-8-18(15)22)13-21-23(4-2)19-14-17(24)11-12-20(19)25-21;1-6-2-4-7(5-3-6)11(8,9)10/h5-14H,3-4H2,1-2H3;2-5H,1H3,(H,8,9,10)/p+1. The summed E-state index contributed by atoms with van der Waals surface area (Å²) in [7, 11) is -4.02. The van der Waals surface area contributed by atoms with E-state index in [9.17, 15) is 13.5 Å². The van der Waals surface area contributed by atoms with E-state index in [1.165, 1.54) is 38.7 Å². The van der Waals surface area contributed by atoms with Crippen molar-refractivity contribution in [3.63, 3.8) is 0 Å². The lowest BCUT2D eigenvalue weighted by atomic mass is 10.2. The molecule has 0 radical (unpaired) electrons. The van der Waals surface area contributed by atoms with E-state index in [0.717, 1.165) is 24.3 Å². The van der Waals surface area contributed by atoms with E-state index >= 15 is 0 Å². The Bertz CT molecular complexity index is 1530. The van der Waals surface area contributed by atoms with Gasteiger partial charge in [-0.25, -0.2) is 0 Å². The summed E-state index contributed by atoms with van der Waals surface area (Å²) in [6, 6.07) is 24.4. The van der Waals surface area contributed by atoms with Crippen molar-refractivity contribution >= 4 is 44.5 Å². The van der Waals surface area contributed by atoms with Crippen molar-refractivity contribution < 1.29 is 22.6 Å². The molecule has 0 saturated heterocycles. The largest absolute Gasteiger partial charge is 0.508 e. The number of phenolic OH excluding ortho intramolecular Hbond substituents is 1. The Morgan fingerprint density at radius 1 is 0.972 bits per heavy atom. The van der Waals surface area contributed by atoms with Gasteiger partial charge in [0.05, 0.1) is 15.6 Å². The second kappa shape index (κ2) is 10.7. The van der Waals surface area contributed by atoms with Crippen molar-refractivity contribution in [2.75, 3.05) is 11.4 Å². The topological polar surface area (TPSA) is 81.7 Å². The number of hydrogen-bond donors (Lipinski definition) is 2. The average Bonchev–Trinajstić information content (AvgIpc) is 3.20. The van der Waals surface area contributed by atoms with Gasteiger partial charge >= 0.3 is 0 Å². The van der Waals surface area contributed by atoms with Crippen LogP contribution in [-0.4, -0.2) is 24.6 Å². The molecule has 186 valence electrons. The molecule has 0 unspecified atom stereocenters. The summed E-state index contributed by atoms with van der Waals surface area (Å²) >= 11 is 1.76. The van der Waals surface area contributed by atoms with Gasteiger partial charge in [0.1, 0.15) is 12.3 Å². The number of aromatic nitrogens is 1. The fourth-order valence-electron chi connectivity index (χ4n) is 4.12. The number of phenols is 1. The van der Waals surface area contributed by atoms with Crippen LogP contribution >= 0.6 is 11.8 Å². The van der Waals surface area contributed by atoms with E-state index in [1.807, 2.05) is 19.1 Å². The van der Waals surface area contributed by atoms with E-state index in [4.69, 9.17) is 4.55 Å². The molecule has 36 heavy (non-hydrogen) atoms. The molecule has 0 amide bonds. The Hall–Kier alpha value is -3.33. The number of hydrogen-bond acceptors (Lipinski definition) is 5. The molecule has 0 aliphatic carbocycles. The number of fused-ring (bicyclic) bond motifs is 2. The van der Waals surface area contributed by atoms with Crippen LogP contribution in [-0.2, 0) is 16.7 Å². The number of benzene rings is 3. The van der Waals surface area contributed by atoms with E-state index in [0.29, 0.717) is 5.75 Å². The summed E-state index contributed by atoms with van der Waals surface area (Å²) in [6.45, 7) is 7.95. The van der Waals surface area contributed by atoms with Gasteiger partial charge in [-0.2, -0.15) is 13.0 Å². The lowest BCUT2D eigenvalue weighted by Gasteiger charge is -2.17. The molecule has 0 spiro atoms. The first kappa shape index (κ1) is 25.8. The Balaban J connectivity index is 0.000000233. The van der Waals surface area contributed by atoms with Crippen molar-refractivity contribution in [3.05, 3.63) is 95.1 Å². The number of pyridine rings is 1. The van der Waals surface area contributed by atoms with Gasteiger partial charge in [-0.05, 0) is 57.2 Å². The third-order valence-electron chi connectivity index (χ3n) is 5.91. The fourth-order valence-corrected chi connectivity index (χ4v) is 5.75. The number of nitrogens with zero attached hydrogens (tertiary/aromatic N) is 2. The molecule has 0 bridgehead atoms. The molecule has 2 N–H and O–H groups in total. The highest BCUT2D eigenvalue weighted by Crippen LogP contribution is 2.47. The normalized spacial score (nSPS) is 14.0. The van der Waals surface area contributed by atoms with Crippen LogP contribution in [0.5, 0.6) is 5.75 Å². The fraction of sp³-hybridized carbons (Fsp3) is 0.179. The van der Waals surface area contributed by atoms with Crippen LogP contribution in [0.3, 0.4) is 0 Å². The minimum Gasteiger partial charge on any atom is -0.508 e. The lowest BCUT2D eigenvalue weighted by molar-refractivity contribution is -0.669. The lowest BCUT2D eigenvalue weighted by Crippen LogP contribution is -2.36. The summed E-state index contributed by atoms with van der Waals surface area (Å²) in [4.78, 5) is 3.38. The molecule has 1 aliphatic heterocycles. The number of para-hydroxylation sites is 1. The van der Waals surface area contributed by atoms with Gasteiger partial charge in [0.15, 0.2) is 0 Å². The van der Waals surface area contributed by atoms with Gasteiger partial charge in [0, 0.05) is 41.1 Å². The zero-order valence-corrected chi connectivity index (χ0v) is 22.1. The van der Waals surface area contributed by atoms with E-state index in [2.05, 4.69) is 65.8 Å². The minimum atomic E-state index is -4.02. The molecular formula is C28H29N2O4S2+. The number of anilines is 1. The van der Waals surface area contributed by atoms with Crippen LogP contribution in [0, 0.1) is 6.92 Å². The third-order valence-corrected chi connectivity index (χ3v) is 7.89. The molecule has 3 aromatic carbocycles. The van der Waals surface area contributed by atoms with Crippen LogP contribution in [0.15, 0.2) is 93.7 Å². The second-order valence-electron chi connectivity index (χ2n) is 8.33. The number of aryl methyl sites for hydroxylation is 2. The van der Waals surface area contributed by atoms with Crippen LogP contribution in [0.4, 0.5) is 5.69 Å². The molecule has 6 nitrogen and oxygen atoms in total. The zero-order valence-electron chi connectivity index (χ0n) is 20.4. The summed E-state index contributed by atoms with van der Waals surface area (Å²) in [5.41, 5.74) is 4.49. The maximum Gasteiger partial charge on any atom is 0.294 e. The Kier molecular flexibility index (Phi) is 7.68. The average molecular weight is 522 g/mol. The van der Waals surface area contributed by atoms with Crippen molar-refractivity contribution in [3.8, 4) is 5.75 Å². The summed E-state index contributed by atoms with van der Waals surface area (Å²) in [6.07, 6.45) is 2.25. The van der Waals surface area contributed by atoms with Crippen molar-refractivity contribution in [1.82, 2.24) is 0 Å². The van der Waals surface area contributed by atoms with Gasteiger partial charge < -0.3 is 10.0 Å². The summed E-state index contributed by atoms with van der Waals surface area (Å²) in [5, 5.41) is 12.3. The van der Waals surface area contributed by atoms with Crippen molar-refractivity contribution in [1.29, 1.82) is 0 Å². The first-order valence-corrected chi connectivity index (χ1v) is 13.9. The molecule has 0 saturated carbocycles. The molecule has 1 aromatic heterocycles. The maximum atomic E-state index is 10.5. The maximum absolute atomic E-state index is 10.5. The number of thioether (sulfide) groups is 1. The molecule has 5 rings (SSSR count). The smallest absolute Gasteiger partial charge is 0.294 e. The SMILES string of the molecule is CCN1/C(=C/c2ccc3ccccc3[n+]2CC)Sc2ccc(O)cc21.Cc1ccc(S(=O)(=O)O)cc1. The van der Waals surface area contributed by atoms with Crippen LogP contribution in [0.1, 0.15) is 25.1 Å². The molecular weight excluding hydrogens is 492 g/mol. The molecule has 2 heterocycles. The quantitative estimate of drug-likeness (QED) is 0.252. The molecule has 8 heteroatoms. The van der Waals surface area contributed by atoms with Gasteiger partial charge in [0.25, 0.3) is 10.1 Å². The minimum absolute atomic E-state index is 0.0666.